The molecule has 4 N–H and O–H groups in total. The van der Waals surface area contributed by atoms with Crippen LogP contribution in [0.5, 0.6) is 0 Å². The van der Waals surface area contributed by atoms with Crippen molar-refractivity contribution in [3.8, 4) is 0 Å². The van der Waals surface area contributed by atoms with Crippen molar-refractivity contribution in [1.82, 2.24) is 9.97 Å². The lowest BCUT2D eigenvalue weighted by molar-refractivity contribution is 1.19. The summed E-state index contributed by atoms with van der Waals surface area (Å²) < 4.78 is 0. The van der Waals surface area contributed by atoms with Crippen molar-refractivity contribution in [2.45, 2.75) is 6.92 Å². The molecule has 0 aliphatic carbocycles. The monoisotopic (exact) mass is 152 g/mol. The van der Waals surface area contributed by atoms with Gasteiger partial charge in [0.15, 0.2) is 0 Å². The van der Waals surface area contributed by atoms with E-state index in [1.54, 1.807) is 24.5 Å². The first-order valence-electron chi connectivity index (χ1n) is 3.16. The highest BCUT2D eigenvalue weighted by molar-refractivity contribution is 5.11. The van der Waals surface area contributed by atoms with Crippen LogP contribution in [0.3, 0.4) is 0 Å². The van der Waals surface area contributed by atoms with Crippen LogP contribution in [0.4, 0.5) is 5.95 Å². The first kappa shape index (κ1) is 9.42. The maximum atomic E-state index is 5.14. The van der Waals surface area contributed by atoms with Crippen molar-refractivity contribution in [2.24, 2.45) is 5.73 Å². The second kappa shape index (κ2) is 6.54. The average molecular weight is 152 g/mol. The summed E-state index contributed by atoms with van der Waals surface area (Å²) in [5, 5.41) is 0. The van der Waals surface area contributed by atoms with Gasteiger partial charge in [-0.2, -0.15) is 0 Å². The quantitative estimate of drug-likeness (QED) is 0.568. The third-order valence-corrected chi connectivity index (χ3v) is 0.778. The second-order valence-electron chi connectivity index (χ2n) is 1.63. The number of nitrogens with two attached hydrogens (primary N) is 2. The van der Waals surface area contributed by atoms with E-state index in [9.17, 15) is 0 Å². The Morgan fingerprint density at radius 3 is 2.00 bits per heavy atom. The third kappa shape index (κ3) is 6.30. The highest BCUT2D eigenvalue weighted by atomic mass is 15.0. The van der Waals surface area contributed by atoms with E-state index in [0.29, 0.717) is 5.95 Å². The van der Waals surface area contributed by atoms with Gasteiger partial charge in [-0.05, 0) is 19.2 Å². The summed E-state index contributed by atoms with van der Waals surface area (Å²) in [6.45, 7) is 1.88. The van der Waals surface area contributed by atoms with E-state index in [0.717, 1.165) is 0 Å². The number of hydrogen-bond acceptors (Lipinski definition) is 4. The summed E-state index contributed by atoms with van der Waals surface area (Å²) in [5.41, 5.74) is 9.98. The molecule has 1 aromatic heterocycles. The minimum absolute atomic E-state index is 0.322. The number of allylic oxidation sites excluding steroid dienone is 1. The Morgan fingerprint density at radius 2 is 1.82 bits per heavy atom. The topological polar surface area (TPSA) is 77.8 Å². The molecule has 1 rings (SSSR count). The summed E-state index contributed by atoms with van der Waals surface area (Å²) in [6.07, 6.45) is 6.48. The number of anilines is 1. The van der Waals surface area contributed by atoms with E-state index in [1.807, 2.05) is 6.92 Å². The lowest BCUT2D eigenvalue weighted by atomic mass is 10.7. The van der Waals surface area contributed by atoms with Gasteiger partial charge in [0.2, 0.25) is 5.95 Å². The van der Waals surface area contributed by atoms with Gasteiger partial charge in [0, 0.05) is 12.4 Å². The van der Waals surface area contributed by atoms with Crippen LogP contribution < -0.4 is 11.5 Å². The van der Waals surface area contributed by atoms with Crippen LogP contribution in [0, 0.1) is 0 Å². The predicted octanol–water partition coefficient (Wildman–Crippen LogP) is 0.537. The number of hydrogen-bond donors (Lipinski definition) is 2. The summed E-state index contributed by atoms with van der Waals surface area (Å²) in [7, 11) is 0. The van der Waals surface area contributed by atoms with E-state index in [2.05, 4.69) is 9.97 Å². The first-order chi connectivity index (χ1) is 5.31. The molecule has 0 saturated carbocycles. The molecule has 0 aliphatic heterocycles. The highest BCUT2D eigenvalue weighted by Gasteiger charge is 1.75. The van der Waals surface area contributed by atoms with E-state index < -0.39 is 0 Å². The number of nitrogen functional groups attached to an aromatic ring is 1. The molecule has 0 unspecified atom stereocenters. The molecule has 1 aromatic rings. The molecular formula is C7H12N4. The van der Waals surface area contributed by atoms with Gasteiger partial charge in [0.25, 0.3) is 0 Å². The van der Waals surface area contributed by atoms with Crippen molar-refractivity contribution in [1.29, 1.82) is 0 Å². The molecule has 0 saturated heterocycles. The van der Waals surface area contributed by atoms with Crippen LogP contribution in [0.1, 0.15) is 6.92 Å². The number of nitrogens with zero attached hydrogens (tertiary/aromatic N) is 2. The van der Waals surface area contributed by atoms with Crippen molar-refractivity contribution < 1.29 is 0 Å². The summed E-state index contributed by atoms with van der Waals surface area (Å²) in [6, 6.07) is 1.72. The molecule has 0 aliphatic rings. The van der Waals surface area contributed by atoms with E-state index in [1.165, 1.54) is 6.20 Å². The normalized spacial score (nSPS) is 8.82. The summed E-state index contributed by atoms with van der Waals surface area (Å²) in [4.78, 5) is 7.29. The second-order valence-corrected chi connectivity index (χ2v) is 1.63. The Hall–Kier alpha value is -1.58. The molecule has 0 aromatic carbocycles. The molecule has 0 amide bonds. The van der Waals surface area contributed by atoms with Gasteiger partial charge < -0.3 is 11.5 Å². The SMILES string of the molecule is CC=CN.Nc1ncccn1. The Labute approximate surface area is 66.0 Å². The Bertz CT molecular complexity index is 191. The van der Waals surface area contributed by atoms with Crippen LogP contribution in [-0.2, 0) is 0 Å². The van der Waals surface area contributed by atoms with Gasteiger partial charge in [0.05, 0.1) is 0 Å². The summed E-state index contributed by atoms with van der Waals surface area (Å²) >= 11 is 0. The molecular weight excluding hydrogens is 140 g/mol. The molecule has 4 heteroatoms. The Balaban J connectivity index is 0.000000218. The number of rotatable bonds is 0. The van der Waals surface area contributed by atoms with Gasteiger partial charge in [-0.3, -0.25) is 0 Å². The zero-order chi connectivity index (χ0) is 8.53. The van der Waals surface area contributed by atoms with Crippen LogP contribution in [-0.4, -0.2) is 9.97 Å². The standard InChI is InChI=1S/C4H5N3.C3H7N/c5-4-6-2-1-3-7-4;1-2-3-4/h1-3H,(H2,5,6,7);2-3H,4H2,1H3. The minimum Gasteiger partial charge on any atom is -0.405 e. The maximum absolute atomic E-state index is 5.14. The zero-order valence-corrected chi connectivity index (χ0v) is 6.44. The molecule has 0 atom stereocenters. The fraction of sp³-hybridized carbons (Fsp3) is 0.143. The summed E-state index contributed by atoms with van der Waals surface area (Å²) in [5.74, 6) is 0.322. The van der Waals surface area contributed by atoms with E-state index in [-0.39, 0.29) is 0 Å². The molecule has 4 nitrogen and oxygen atoms in total. The molecule has 0 radical (unpaired) electrons. The lowest BCUT2D eigenvalue weighted by Gasteiger charge is -1.82. The van der Waals surface area contributed by atoms with Crippen LogP contribution in [0.15, 0.2) is 30.7 Å². The van der Waals surface area contributed by atoms with Gasteiger partial charge >= 0.3 is 0 Å². The fourth-order valence-corrected chi connectivity index (χ4v) is 0.311. The van der Waals surface area contributed by atoms with E-state index >= 15 is 0 Å². The first-order valence-corrected chi connectivity index (χ1v) is 3.16. The van der Waals surface area contributed by atoms with Gasteiger partial charge in [0.1, 0.15) is 0 Å². The Morgan fingerprint density at radius 1 is 1.36 bits per heavy atom. The zero-order valence-electron chi connectivity index (χ0n) is 6.44. The van der Waals surface area contributed by atoms with Crippen molar-refractivity contribution >= 4 is 5.95 Å². The van der Waals surface area contributed by atoms with Crippen molar-refractivity contribution in [3.05, 3.63) is 30.7 Å². The van der Waals surface area contributed by atoms with E-state index in [4.69, 9.17) is 11.5 Å². The largest absolute Gasteiger partial charge is 0.405 e. The van der Waals surface area contributed by atoms with Crippen LogP contribution in [0.2, 0.25) is 0 Å². The Kier molecular flexibility index (Phi) is 5.60. The van der Waals surface area contributed by atoms with Gasteiger partial charge in [-0.1, -0.05) is 6.08 Å². The molecule has 60 valence electrons. The minimum atomic E-state index is 0.322. The van der Waals surface area contributed by atoms with Crippen LogP contribution >= 0.6 is 0 Å². The maximum Gasteiger partial charge on any atom is 0.219 e. The highest BCUT2D eigenvalue weighted by Crippen LogP contribution is 1.81. The molecule has 1 heterocycles. The van der Waals surface area contributed by atoms with Crippen molar-refractivity contribution in [2.75, 3.05) is 5.73 Å². The third-order valence-electron chi connectivity index (χ3n) is 0.778. The molecule has 0 bridgehead atoms. The van der Waals surface area contributed by atoms with Crippen LogP contribution in [0.25, 0.3) is 0 Å². The average Bonchev–Trinajstić information content (AvgIpc) is 2.07. The molecule has 0 spiro atoms. The smallest absolute Gasteiger partial charge is 0.219 e. The molecule has 11 heavy (non-hydrogen) atoms. The van der Waals surface area contributed by atoms with Gasteiger partial charge in [-0.25, -0.2) is 9.97 Å². The predicted molar refractivity (Wildman–Crippen MR) is 45.4 cm³/mol. The van der Waals surface area contributed by atoms with Crippen molar-refractivity contribution in [3.63, 3.8) is 0 Å². The van der Waals surface area contributed by atoms with Gasteiger partial charge in [-0.15, -0.1) is 0 Å². The lowest BCUT2D eigenvalue weighted by Crippen LogP contribution is -1.90. The molecule has 0 fully saturated rings. The number of aromatic nitrogens is 2. The fourth-order valence-electron chi connectivity index (χ4n) is 0.311.